The second-order valence-electron chi connectivity index (χ2n) is 6.41. The molecule has 0 aliphatic heterocycles. The Morgan fingerprint density at radius 3 is 2.55 bits per heavy atom. The lowest BCUT2D eigenvalue weighted by atomic mass is 10.1. The van der Waals surface area contributed by atoms with Crippen LogP contribution in [0.5, 0.6) is 11.5 Å². The molecule has 0 spiro atoms. The van der Waals surface area contributed by atoms with Gasteiger partial charge in [-0.1, -0.05) is 29.8 Å². The Morgan fingerprint density at radius 1 is 1.14 bits per heavy atom. The monoisotopic (exact) mass is 417 g/mol. The molecule has 154 valence electrons. The summed E-state index contributed by atoms with van der Waals surface area (Å²) in [5, 5.41) is 3.08. The summed E-state index contributed by atoms with van der Waals surface area (Å²) >= 11 is 6.16. The van der Waals surface area contributed by atoms with Gasteiger partial charge in [0.15, 0.2) is 24.7 Å². The predicted octanol–water partition coefficient (Wildman–Crippen LogP) is 4.25. The molecule has 0 heterocycles. The Kier molecular flexibility index (Phi) is 8.09. The molecule has 0 saturated heterocycles. The van der Waals surface area contributed by atoms with E-state index in [-0.39, 0.29) is 6.61 Å². The Balaban J connectivity index is 1.86. The standard InChI is InChI=1S/C22H24ClNO5/c1-5-6-16-7-8-18(19(11-16)27-4)28-13-21(26)29-12-20(25)24-22-15(3)9-14(2)10-17(22)23/h5,7-11H,1,6,12-13H2,2-4H3,(H,24,25). The predicted molar refractivity (Wildman–Crippen MR) is 113 cm³/mol. The molecule has 2 aromatic carbocycles. The van der Waals surface area contributed by atoms with Gasteiger partial charge in [-0.05, 0) is 55.2 Å². The highest BCUT2D eigenvalue weighted by atomic mass is 35.5. The maximum atomic E-state index is 12.1. The SMILES string of the molecule is C=CCc1ccc(OCC(=O)OCC(=O)Nc2c(C)cc(C)cc2Cl)c(OC)c1. The second-order valence-corrected chi connectivity index (χ2v) is 6.82. The highest BCUT2D eigenvalue weighted by Crippen LogP contribution is 2.29. The Hall–Kier alpha value is -2.99. The molecule has 7 heteroatoms. The van der Waals surface area contributed by atoms with Crippen molar-refractivity contribution in [2.24, 2.45) is 0 Å². The molecule has 0 aliphatic carbocycles. The zero-order valence-electron chi connectivity index (χ0n) is 16.7. The van der Waals surface area contributed by atoms with Gasteiger partial charge in [-0.25, -0.2) is 4.79 Å². The topological polar surface area (TPSA) is 73.9 Å². The molecule has 6 nitrogen and oxygen atoms in total. The van der Waals surface area contributed by atoms with Gasteiger partial charge in [-0.3, -0.25) is 4.79 Å². The summed E-state index contributed by atoms with van der Waals surface area (Å²) in [6.45, 7) is 6.65. The molecule has 2 rings (SSSR count). The molecule has 0 aliphatic rings. The maximum absolute atomic E-state index is 12.1. The molecule has 1 amide bonds. The minimum atomic E-state index is -0.677. The molecule has 0 saturated carbocycles. The molecular formula is C22H24ClNO5. The third kappa shape index (κ3) is 6.54. The van der Waals surface area contributed by atoms with Gasteiger partial charge in [0.25, 0.3) is 5.91 Å². The minimum Gasteiger partial charge on any atom is -0.493 e. The average molecular weight is 418 g/mol. The summed E-state index contributed by atoms with van der Waals surface area (Å²) in [4.78, 5) is 24.0. The van der Waals surface area contributed by atoms with E-state index in [2.05, 4.69) is 11.9 Å². The Bertz CT molecular complexity index is 887. The molecule has 2 aromatic rings. The molecule has 0 unspecified atom stereocenters. The van der Waals surface area contributed by atoms with Gasteiger partial charge in [0.05, 0.1) is 17.8 Å². The van der Waals surface area contributed by atoms with E-state index < -0.39 is 18.5 Å². The van der Waals surface area contributed by atoms with Crippen molar-refractivity contribution in [1.82, 2.24) is 0 Å². The van der Waals surface area contributed by atoms with Crippen LogP contribution < -0.4 is 14.8 Å². The van der Waals surface area contributed by atoms with E-state index in [0.29, 0.717) is 28.6 Å². The van der Waals surface area contributed by atoms with Crippen molar-refractivity contribution in [2.45, 2.75) is 20.3 Å². The maximum Gasteiger partial charge on any atom is 0.344 e. The Morgan fingerprint density at radius 2 is 1.90 bits per heavy atom. The van der Waals surface area contributed by atoms with Crippen LogP contribution in [0.2, 0.25) is 5.02 Å². The lowest BCUT2D eigenvalue weighted by Gasteiger charge is -2.13. The van der Waals surface area contributed by atoms with Gasteiger partial charge < -0.3 is 19.5 Å². The van der Waals surface area contributed by atoms with E-state index in [0.717, 1.165) is 16.7 Å². The summed E-state index contributed by atoms with van der Waals surface area (Å²) in [5.74, 6) is -0.259. The molecule has 1 N–H and O–H groups in total. The number of carbonyl (C=O) groups is 2. The van der Waals surface area contributed by atoms with Crippen LogP contribution in [0.4, 0.5) is 5.69 Å². The van der Waals surface area contributed by atoms with Crippen molar-refractivity contribution < 1.29 is 23.8 Å². The van der Waals surface area contributed by atoms with Crippen LogP contribution in [0, 0.1) is 13.8 Å². The van der Waals surface area contributed by atoms with Crippen LogP contribution in [-0.4, -0.2) is 32.2 Å². The number of methoxy groups -OCH3 is 1. The van der Waals surface area contributed by atoms with Crippen LogP contribution >= 0.6 is 11.6 Å². The molecule has 0 radical (unpaired) electrons. The van der Waals surface area contributed by atoms with Gasteiger partial charge in [-0.15, -0.1) is 6.58 Å². The third-order valence-electron chi connectivity index (χ3n) is 4.01. The first-order valence-corrected chi connectivity index (χ1v) is 9.34. The fourth-order valence-electron chi connectivity index (χ4n) is 2.70. The van der Waals surface area contributed by atoms with Crippen molar-refractivity contribution in [1.29, 1.82) is 0 Å². The normalized spacial score (nSPS) is 10.2. The highest BCUT2D eigenvalue weighted by molar-refractivity contribution is 6.34. The number of hydrogen-bond donors (Lipinski definition) is 1. The highest BCUT2D eigenvalue weighted by Gasteiger charge is 2.13. The Labute approximate surface area is 175 Å². The molecule has 0 fully saturated rings. The zero-order valence-corrected chi connectivity index (χ0v) is 17.5. The van der Waals surface area contributed by atoms with E-state index in [4.69, 9.17) is 25.8 Å². The molecule has 0 bridgehead atoms. The number of esters is 1. The fourth-order valence-corrected chi connectivity index (χ4v) is 3.07. The number of aryl methyl sites for hydroxylation is 2. The lowest BCUT2D eigenvalue weighted by Crippen LogP contribution is -2.24. The summed E-state index contributed by atoms with van der Waals surface area (Å²) in [5.41, 5.74) is 3.32. The van der Waals surface area contributed by atoms with Crippen LogP contribution in [0.1, 0.15) is 16.7 Å². The first-order valence-electron chi connectivity index (χ1n) is 8.97. The average Bonchev–Trinajstić information content (AvgIpc) is 2.68. The van der Waals surface area contributed by atoms with E-state index in [1.165, 1.54) is 7.11 Å². The van der Waals surface area contributed by atoms with Crippen molar-refractivity contribution in [3.63, 3.8) is 0 Å². The largest absolute Gasteiger partial charge is 0.493 e. The summed E-state index contributed by atoms with van der Waals surface area (Å²) in [7, 11) is 1.51. The van der Waals surface area contributed by atoms with E-state index in [9.17, 15) is 9.59 Å². The summed E-state index contributed by atoms with van der Waals surface area (Å²) in [6.07, 6.45) is 2.47. The number of allylic oxidation sites excluding steroid dienone is 1. The van der Waals surface area contributed by atoms with E-state index in [1.54, 1.807) is 18.2 Å². The lowest BCUT2D eigenvalue weighted by molar-refractivity contribution is -0.149. The summed E-state index contributed by atoms with van der Waals surface area (Å²) < 4.78 is 15.7. The molecule has 0 aromatic heterocycles. The van der Waals surface area contributed by atoms with Crippen LogP contribution in [0.3, 0.4) is 0 Å². The van der Waals surface area contributed by atoms with Crippen LogP contribution in [-0.2, 0) is 20.7 Å². The van der Waals surface area contributed by atoms with Gasteiger partial charge >= 0.3 is 5.97 Å². The molecule has 29 heavy (non-hydrogen) atoms. The van der Waals surface area contributed by atoms with E-state index in [1.807, 2.05) is 32.0 Å². The first kappa shape index (κ1) is 22.3. The van der Waals surface area contributed by atoms with Gasteiger partial charge in [0, 0.05) is 0 Å². The number of benzene rings is 2. The van der Waals surface area contributed by atoms with E-state index >= 15 is 0 Å². The number of rotatable bonds is 9. The van der Waals surface area contributed by atoms with Crippen LogP contribution in [0.15, 0.2) is 43.0 Å². The second kappa shape index (κ2) is 10.5. The number of anilines is 1. The van der Waals surface area contributed by atoms with Crippen molar-refractivity contribution in [3.8, 4) is 11.5 Å². The molecular weight excluding hydrogens is 394 g/mol. The van der Waals surface area contributed by atoms with Gasteiger partial charge in [-0.2, -0.15) is 0 Å². The number of nitrogens with one attached hydrogen (secondary N) is 1. The smallest absolute Gasteiger partial charge is 0.344 e. The van der Waals surface area contributed by atoms with Gasteiger partial charge in [0.2, 0.25) is 0 Å². The fraction of sp³-hybridized carbons (Fsp3) is 0.273. The quantitative estimate of drug-likeness (QED) is 0.487. The summed E-state index contributed by atoms with van der Waals surface area (Å²) in [6, 6.07) is 9.02. The third-order valence-corrected chi connectivity index (χ3v) is 4.31. The van der Waals surface area contributed by atoms with Crippen molar-refractivity contribution >= 4 is 29.2 Å². The number of carbonyl (C=O) groups excluding carboxylic acids is 2. The number of ether oxygens (including phenoxy) is 3. The minimum absolute atomic E-state index is 0.352. The van der Waals surface area contributed by atoms with Crippen molar-refractivity contribution in [3.05, 3.63) is 64.7 Å². The van der Waals surface area contributed by atoms with Crippen molar-refractivity contribution in [2.75, 3.05) is 25.6 Å². The number of halogens is 1. The zero-order chi connectivity index (χ0) is 21.4. The van der Waals surface area contributed by atoms with Crippen LogP contribution in [0.25, 0.3) is 0 Å². The first-order chi connectivity index (χ1) is 13.8. The number of hydrogen-bond acceptors (Lipinski definition) is 5. The number of amides is 1. The molecule has 0 atom stereocenters. The van der Waals surface area contributed by atoms with Gasteiger partial charge in [0.1, 0.15) is 0 Å².